The fraction of sp³-hybridized carbons (Fsp3) is 0.312. The van der Waals surface area contributed by atoms with Crippen molar-refractivity contribution in [3.05, 3.63) is 65.5 Å². The number of rotatable bonds is 5. The Balaban J connectivity index is 2.33. The molecule has 0 bridgehead atoms. The average molecular weight is 276 g/mol. The van der Waals surface area contributed by atoms with Gasteiger partial charge in [0.25, 0.3) is 0 Å². The van der Waals surface area contributed by atoms with Crippen molar-refractivity contribution in [1.82, 2.24) is 10.3 Å². The van der Waals surface area contributed by atoms with Crippen LogP contribution in [0, 0.1) is 11.6 Å². The molecule has 0 spiro atoms. The highest BCUT2D eigenvalue weighted by molar-refractivity contribution is 5.27. The van der Waals surface area contributed by atoms with Crippen LogP contribution in [-0.2, 0) is 0 Å². The van der Waals surface area contributed by atoms with Gasteiger partial charge in [0, 0.05) is 24.4 Å². The minimum atomic E-state index is -0.819. The molecule has 0 radical (unpaired) electrons. The summed E-state index contributed by atoms with van der Waals surface area (Å²) in [5.74, 6) is -1.50. The van der Waals surface area contributed by atoms with Gasteiger partial charge in [0.05, 0.1) is 0 Å². The zero-order valence-corrected chi connectivity index (χ0v) is 11.6. The second-order valence-electron chi connectivity index (χ2n) is 4.78. The molecule has 20 heavy (non-hydrogen) atoms. The van der Waals surface area contributed by atoms with Gasteiger partial charge in [0.2, 0.25) is 0 Å². The molecule has 1 N–H and O–H groups in total. The van der Waals surface area contributed by atoms with Crippen LogP contribution in [0.25, 0.3) is 0 Å². The second-order valence-corrected chi connectivity index (χ2v) is 4.78. The summed E-state index contributed by atoms with van der Waals surface area (Å²) < 4.78 is 26.5. The molecule has 4 heteroatoms. The van der Waals surface area contributed by atoms with Gasteiger partial charge < -0.3 is 5.32 Å². The average Bonchev–Trinajstić information content (AvgIpc) is 2.48. The van der Waals surface area contributed by atoms with E-state index in [4.69, 9.17) is 0 Å². The number of hydrogen-bond acceptors (Lipinski definition) is 2. The largest absolute Gasteiger partial charge is 0.310 e. The number of pyridine rings is 1. The van der Waals surface area contributed by atoms with Gasteiger partial charge >= 0.3 is 0 Å². The van der Waals surface area contributed by atoms with Crippen LogP contribution in [0.1, 0.15) is 36.9 Å². The van der Waals surface area contributed by atoms with Crippen LogP contribution < -0.4 is 5.32 Å². The molecular formula is C16H18F2N2. The third kappa shape index (κ3) is 3.20. The highest BCUT2D eigenvalue weighted by Gasteiger charge is 2.21. The van der Waals surface area contributed by atoms with E-state index in [0.717, 1.165) is 17.7 Å². The van der Waals surface area contributed by atoms with Crippen molar-refractivity contribution < 1.29 is 8.78 Å². The molecule has 0 aliphatic heterocycles. The van der Waals surface area contributed by atoms with Gasteiger partial charge in [-0.05, 0) is 41.9 Å². The zero-order valence-electron chi connectivity index (χ0n) is 11.6. The van der Waals surface area contributed by atoms with Crippen LogP contribution in [0.15, 0.2) is 42.7 Å². The van der Waals surface area contributed by atoms with E-state index in [0.29, 0.717) is 0 Å². The lowest BCUT2D eigenvalue weighted by Crippen LogP contribution is -2.26. The Morgan fingerprint density at radius 3 is 2.35 bits per heavy atom. The molecule has 1 aromatic carbocycles. The maximum atomic E-state index is 13.4. The molecular weight excluding hydrogens is 258 g/mol. The summed E-state index contributed by atoms with van der Waals surface area (Å²) in [6.45, 7) is 4.80. The smallest absolute Gasteiger partial charge is 0.159 e. The molecule has 1 heterocycles. The number of halogens is 2. The third-order valence-electron chi connectivity index (χ3n) is 3.46. The fourth-order valence-electron chi connectivity index (χ4n) is 2.37. The first kappa shape index (κ1) is 14.6. The van der Waals surface area contributed by atoms with Crippen LogP contribution in [0.5, 0.6) is 0 Å². The molecule has 0 saturated carbocycles. The lowest BCUT2D eigenvalue weighted by molar-refractivity contribution is 0.466. The normalized spacial score (nSPS) is 14.0. The highest BCUT2D eigenvalue weighted by atomic mass is 19.2. The summed E-state index contributed by atoms with van der Waals surface area (Å²) in [4.78, 5) is 4.00. The van der Waals surface area contributed by atoms with Crippen molar-refractivity contribution in [3.8, 4) is 0 Å². The molecule has 0 saturated heterocycles. The van der Waals surface area contributed by atoms with E-state index in [1.165, 1.54) is 12.1 Å². The minimum absolute atomic E-state index is 0.0718. The number of aromatic nitrogens is 1. The van der Waals surface area contributed by atoms with Gasteiger partial charge in [-0.25, -0.2) is 8.78 Å². The Bertz CT molecular complexity index is 558. The predicted octanol–water partition coefficient (Wildman–Crippen LogP) is 3.81. The van der Waals surface area contributed by atoms with Crippen LogP contribution >= 0.6 is 0 Å². The number of benzene rings is 1. The molecule has 2 rings (SSSR count). The van der Waals surface area contributed by atoms with Crippen LogP contribution in [0.4, 0.5) is 8.78 Å². The lowest BCUT2D eigenvalue weighted by atomic mass is 9.89. The Morgan fingerprint density at radius 2 is 1.75 bits per heavy atom. The van der Waals surface area contributed by atoms with E-state index in [2.05, 4.69) is 17.2 Å². The quantitative estimate of drug-likeness (QED) is 0.898. The van der Waals surface area contributed by atoms with Gasteiger partial charge in [-0.3, -0.25) is 4.98 Å². The molecule has 1 aromatic heterocycles. The number of nitrogens with zero attached hydrogens (tertiary/aromatic N) is 1. The van der Waals surface area contributed by atoms with E-state index in [1.54, 1.807) is 18.5 Å². The number of nitrogens with one attached hydrogen (secondary N) is 1. The Morgan fingerprint density at radius 1 is 1.05 bits per heavy atom. The van der Waals surface area contributed by atoms with E-state index in [-0.39, 0.29) is 12.0 Å². The van der Waals surface area contributed by atoms with Crippen molar-refractivity contribution in [2.45, 2.75) is 25.8 Å². The molecule has 106 valence electrons. The molecule has 0 fully saturated rings. The molecule has 2 nitrogen and oxygen atoms in total. The van der Waals surface area contributed by atoms with Crippen molar-refractivity contribution in [1.29, 1.82) is 0 Å². The number of likely N-dealkylation sites (N-methyl/N-ethyl adjacent to an activating group) is 1. The fourth-order valence-corrected chi connectivity index (χ4v) is 2.37. The molecule has 0 aliphatic rings. The highest BCUT2D eigenvalue weighted by Crippen LogP contribution is 2.30. The minimum Gasteiger partial charge on any atom is -0.310 e. The van der Waals surface area contributed by atoms with Crippen molar-refractivity contribution in [2.75, 3.05) is 6.54 Å². The van der Waals surface area contributed by atoms with Crippen LogP contribution in [0.2, 0.25) is 0 Å². The summed E-state index contributed by atoms with van der Waals surface area (Å²) in [6, 6.07) is 7.87. The molecule has 0 amide bonds. The van der Waals surface area contributed by atoms with Crippen LogP contribution in [-0.4, -0.2) is 11.5 Å². The monoisotopic (exact) mass is 276 g/mol. The van der Waals surface area contributed by atoms with Crippen molar-refractivity contribution in [2.24, 2.45) is 0 Å². The van der Waals surface area contributed by atoms with E-state index >= 15 is 0 Å². The van der Waals surface area contributed by atoms with Crippen LogP contribution in [0.3, 0.4) is 0 Å². The molecule has 2 aromatic rings. The molecule has 2 unspecified atom stereocenters. The Labute approximate surface area is 117 Å². The first-order chi connectivity index (χ1) is 9.63. The van der Waals surface area contributed by atoms with Crippen molar-refractivity contribution >= 4 is 0 Å². The summed E-state index contributed by atoms with van der Waals surface area (Å²) >= 11 is 0. The van der Waals surface area contributed by atoms with Gasteiger partial charge in [0.1, 0.15) is 0 Å². The SMILES string of the molecule is CCNC(c1ccc(F)c(F)c1)C(C)c1ccncc1. The number of hydrogen-bond donors (Lipinski definition) is 1. The van der Waals surface area contributed by atoms with Gasteiger partial charge in [0.15, 0.2) is 11.6 Å². The topological polar surface area (TPSA) is 24.9 Å². The lowest BCUT2D eigenvalue weighted by Gasteiger charge is -2.25. The first-order valence-electron chi connectivity index (χ1n) is 6.71. The van der Waals surface area contributed by atoms with Gasteiger partial charge in [-0.2, -0.15) is 0 Å². The van der Waals surface area contributed by atoms with Gasteiger partial charge in [-0.1, -0.05) is 19.9 Å². The summed E-state index contributed by atoms with van der Waals surface area (Å²) in [7, 11) is 0. The maximum Gasteiger partial charge on any atom is 0.159 e. The standard InChI is InChI=1S/C16H18F2N2/c1-3-20-16(11(2)12-6-8-19-9-7-12)13-4-5-14(17)15(18)10-13/h4-11,16,20H,3H2,1-2H3. The summed E-state index contributed by atoms with van der Waals surface area (Å²) in [5, 5.41) is 3.33. The molecule has 2 atom stereocenters. The second kappa shape index (κ2) is 6.57. The Hall–Kier alpha value is -1.81. The Kier molecular flexibility index (Phi) is 4.79. The van der Waals surface area contributed by atoms with E-state index < -0.39 is 11.6 Å². The summed E-state index contributed by atoms with van der Waals surface area (Å²) in [6.07, 6.45) is 3.47. The van der Waals surface area contributed by atoms with Gasteiger partial charge in [-0.15, -0.1) is 0 Å². The predicted molar refractivity (Wildman–Crippen MR) is 75.4 cm³/mol. The maximum absolute atomic E-state index is 13.4. The van der Waals surface area contributed by atoms with E-state index in [1.807, 2.05) is 19.1 Å². The van der Waals surface area contributed by atoms with E-state index in [9.17, 15) is 8.78 Å². The first-order valence-corrected chi connectivity index (χ1v) is 6.71. The summed E-state index contributed by atoms with van der Waals surface area (Å²) in [5.41, 5.74) is 1.85. The zero-order chi connectivity index (χ0) is 14.5. The van der Waals surface area contributed by atoms with Crippen molar-refractivity contribution in [3.63, 3.8) is 0 Å². The molecule has 0 aliphatic carbocycles. The third-order valence-corrected chi connectivity index (χ3v) is 3.46.